The molecule has 1 amide bonds. The first-order chi connectivity index (χ1) is 8.69. The molecule has 0 saturated heterocycles. The third kappa shape index (κ3) is 2.05. The minimum absolute atomic E-state index is 0.0436. The SMILES string of the molecule is CCN1c2c(cccc2C(F)(F)F)NC(=O)C1(C)C. The van der Waals surface area contributed by atoms with E-state index in [1.165, 1.54) is 17.0 Å². The summed E-state index contributed by atoms with van der Waals surface area (Å²) >= 11 is 0. The molecule has 0 aliphatic carbocycles. The summed E-state index contributed by atoms with van der Waals surface area (Å²) in [6.45, 7) is 5.28. The second-order valence-electron chi connectivity index (χ2n) is 4.96. The second-order valence-corrected chi connectivity index (χ2v) is 4.96. The Morgan fingerprint density at radius 1 is 1.32 bits per heavy atom. The average Bonchev–Trinajstić information content (AvgIpc) is 2.28. The Bertz CT molecular complexity index is 523. The number of anilines is 2. The van der Waals surface area contributed by atoms with Gasteiger partial charge in [0.25, 0.3) is 0 Å². The van der Waals surface area contributed by atoms with Crippen molar-refractivity contribution in [3.05, 3.63) is 23.8 Å². The summed E-state index contributed by atoms with van der Waals surface area (Å²) in [5, 5.41) is 2.55. The van der Waals surface area contributed by atoms with Crippen molar-refractivity contribution in [2.24, 2.45) is 0 Å². The lowest BCUT2D eigenvalue weighted by Crippen LogP contribution is -2.56. The molecule has 1 aliphatic rings. The van der Waals surface area contributed by atoms with Gasteiger partial charge in [-0.2, -0.15) is 13.2 Å². The van der Waals surface area contributed by atoms with E-state index in [0.717, 1.165) is 6.07 Å². The smallest absolute Gasteiger partial charge is 0.356 e. The standard InChI is InChI=1S/C13H15F3N2O/c1-4-18-10-8(13(14,15)16)6-5-7-9(10)17-11(19)12(18,2)3/h5-7H,4H2,1-3H3,(H,17,19). The van der Waals surface area contributed by atoms with Crippen LogP contribution in [-0.4, -0.2) is 18.0 Å². The Morgan fingerprint density at radius 3 is 2.47 bits per heavy atom. The molecule has 0 unspecified atom stereocenters. The number of nitrogens with zero attached hydrogens (tertiary/aromatic N) is 1. The van der Waals surface area contributed by atoms with Gasteiger partial charge in [0.05, 0.1) is 16.9 Å². The molecule has 0 fully saturated rings. The number of halogens is 3. The molecule has 19 heavy (non-hydrogen) atoms. The van der Waals surface area contributed by atoms with E-state index in [0.29, 0.717) is 6.54 Å². The first kappa shape index (κ1) is 13.7. The van der Waals surface area contributed by atoms with E-state index < -0.39 is 17.3 Å². The zero-order chi connectivity index (χ0) is 14.4. The van der Waals surface area contributed by atoms with Gasteiger partial charge in [-0.3, -0.25) is 4.79 Å². The van der Waals surface area contributed by atoms with E-state index in [-0.39, 0.29) is 17.3 Å². The van der Waals surface area contributed by atoms with Gasteiger partial charge in [-0.05, 0) is 32.9 Å². The number of hydrogen-bond donors (Lipinski definition) is 1. The molecule has 0 saturated carbocycles. The van der Waals surface area contributed by atoms with Crippen LogP contribution in [0.25, 0.3) is 0 Å². The van der Waals surface area contributed by atoms with Crippen molar-refractivity contribution in [3.63, 3.8) is 0 Å². The molecule has 1 N–H and O–H groups in total. The number of fused-ring (bicyclic) bond motifs is 1. The fourth-order valence-corrected chi connectivity index (χ4v) is 2.39. The molecule has 0 aromatic heterocycles. The Morgan fingerprint density at radius 2 is 1.95 bits per heavy atom. The van der Waals surface area contributed by atoms with Crippen LogP contribution >= 0.6 is 0 Å². The maximum Gasteiger partial charge on any atom is 0.418 e. The summed E-state index contributed by atoms with van der Waals surface area (Å²) in [5.74, 6) is -0.304. The largest absolute Gasteiger partial charge is 0.418 e. The van der Waals surface area contributed by atoms with Gasteiger partial charge in [0, 0.05) is 6.54 Å². The lowest BCUT2D eigenvalue weighted by atomic mass is 9.94. The van der Waals surface area contributed by atoms with Crippen molar-refractivity contribution in [3.8, 4) is 0 Å². The lowest BCUT2D eigenvalue weighted by molar-refractivity contribution is -0.137. The van der Waals surface area contributed by atoms with Gasteiger partial charge in [-0.25, -0.2) is 0 Å². The molecule has 0 radical (unpaired) electrons. The Balaban J connectivity index is 2.70. The molecular weight excluding hydrogens is 257 g/mol. The van der Waals surface area contributed by atoms with Crippen molar-refractivity contribution < 1.29 is 18.0 Å². The van der Waals surface area contributed by atoms with Crippen molar-refractivity contribution in [2.75, 3.05) is 16.8 Å². The van der Waals surface area contributed by atoms with Gasteiger partial charge in [-0.1, -0.05) is 6.07 Å². The highest BCUT2D eigenvalue weighted by Gasteiger charge is 2.44. The van der Waals surface area contributed by atoms with Gasteiger partial charge in [-0.15, -0.1) is 0 Å². The van der Waals surface area contributed by atoms with Gasteiger partial charge in [0.1, 0.15) is 5.54 Å². The summed E-state index contributed by atoms with van der Waals surface area (Å²) in [4.78, 5) is 13.5. The summed E-state index contributed by atoms with van der Waals surface area (Å²) in [7, 11) is 0. The zero-order valence-corrected chi connectivity index (χ0v) is 10.9. The summed E-state index contributed by atoms with van der Waals surface area (Å²) in [6, 6.07) is 3.82. The van der Waals surface area contributed by atoms with Crippen LogP contribution in [-0.2, 0) is 11.0 Å². The number of alkyl halides is 3. The van der Waals surface area contributed by atoms with Crippen LogP contribution in [0.4, 0.5) is 24.5 Å². The number of benzene rings is 1. The molecule has 1 heterocycles. The van der Waals surface area contributed by atoms with Crippen LogP contribution in [0.3, 0.4) is 0 Å². The number of rotatable bonds is 1. The lowest BCUT2D eigenvalue weighted by Gasteiger charge is -2.44. The fourth-order valence-electron chi connectivity index (χ4n) is 2.39. The number of amides is 1. The molecule has 0 bridgehead atoms. The Labute approximate surface area is 109 Å². The number of carbonyl (C=O) groups excluding carboxylic acids is 1. The van der Waals surface area contributed by atoms with E-state index in [2.05, 4.69) is 5.32 Å². The van der Waals surface area contributed by atoms with E-state index in [1.54, 1.807) is 20.8 Å². The first-order valence-electron chi connectivity index (χ1n) is 5.99. The molecule has 0 atom stereocenters. The van der Waals surface area contributed by atoms with Gasteiger partial charge in [0.2, 0.25) is 5.91 Å². The van der Waals surface area contributed by atoms with Crippen LogP contribution in [0.5, 0.6) is 0 Å². The van der Waals surface area contributed by atoms with E-state index in [4.69, 9.17) is 0 Å². The third-order valence-electron chi connectivity index (χ3n) is 3.41. The highest BCUT2D eigenvalue weighted by atomic mass is 19.4. The van der Waals surface area contributed by atoms with Crippen LogP contribution in [0.1, 0.15) is 26.3 Å². The van der Waals surface area contributed by atoms with Gasteiger partial charge >= 0.3 is 6.18 Å². The van der Waals surface area contributed by atoms with Crippen LogP contribution in [0.15, 0.2) is 18.2 Å². The monoisotopic (exact) mass is 272 g/mol. The third-order valence-corrected chi connectivity index (χ3v) is 3.41. The molecule has 3 nitrogen and oxygen atoms in total. The molecule has 2 rings (SSSR count). The van der Waals surface area contributed by atoms with E-state index in [1.807, 2.05) is 0 Å². The molecule has 1 aliphatic heterocycles. The molecule has 104 valence electrons. The highest BCUT2D eigenvalue weighted by Crippen LogP contribution is 2.45. The molecule has 1 aromatic rings. The predicted molar refractivity (Wildman–Crippen MR) is 67.2 cm³/mol. The first-order valence-corrected chi connectivity index (χ1v) is 5.99. The van der Waals surface area contributed by atoms with Crippen LogP contribution < -0.4 is 10.2 Å². The molecule has 0 spiro atoms. The molecular formula is C13H15F3N2O. The number of carbonyl (C=O) groups is 1. The van der Waals surface area contributed by atoms with Gasteiger partial charge in [0.15, 0.2) is 0 Å². The van der Waals surface area contributed by atoms with Crippen molar-refractivity contribution >= 4 is 17.3 Å². The van der Waals surface area contributed by atoms with Crippen LogP contribution in [0.2, 0.25) is 0 Å². The number of para-hydroxylation sites is 1. The molecule has 1 aromatic carbocycles. The fraction of sp³-hybridized carbons (Fsp3) is 0.462. The Hall–Kier alpha value is -1.72. The normalized spacial score (nSPS) is 18.0. The topological polar surface area (TPSA) is 32.3 Å². The van der Waals surface area contributed by atoms with Crippen molar-refractivity contribution in [1.29, 1.82) is 0 Å². The van der Waals surface area contributed by atoms with E-state index in [9.17, 15) is 18.0 Å². The number of likely N-dealkylation sites (N-methyl/N-ethyl adjacent to an activating group) is 1. The maximum absolute atomic E-state index is 13.1. The average molecular weight is 272 g/mol. The summed E-state index contributed by atoms with van der Waals surface area (Å²) in [5.41, 5.74) is -1.48. The van der Waals surface area contributed by atoms with E-state index >= 15 is 0 Å². The highest BCUT2D eigenvalue weighted by molar-refractivity contribution is 6.06. The van der Waals surface area contributed by atoms with Gasteiger partial charge < -0.3 is 10.2 Å². The molecule has 6 heteroatoms. The summed E-state index contributed by atoms with van der Waals surface area (Å²) in [6.07, 6.45) is -4.45. The minimum atomic E-state index is -4.45. The number of hydrogen-bond acceptors (Lipinski definition) is 2. The van der Waals surface area contributed by atoms with Crippen molar-refractivity contribution in [1.82, 2.24) is 0 Å². The predicted octanol–water partition coefficient (Wildman–Crippen LogP) is 3.26. The van der Waals surface area contributed by atoms with Crippen LogP contribution in [0, 0.1) is 0 Å². The zero-order valence-electron chi connectivity index (χ0n) is 10.9. The Kier molecular flexibility index (Phi) is 2.99. The quantitative estimate of drug-likeness (QED) is 0.851. The minimum Gasteiger partial charge on any atom is -0.356 e. The summed E-state index contributed by atoms with van der Waals surface area (Å²) < 4.78 is 39.3. The number of nitrogens with one attached hydrogen (secondary N) is 1. The van der Waals surface area contributed by atoms with Crippen molar-refractivity contribution in [2.45, 2.75) is 32.5 Å². The maximum atomic E-state index is 13.1. The second kappa shape index (κ2) is 4.15.